The molecule has 8 nitrogen and oxygen atoms in total. The van der Waals surface area contributed by atoms with E-state index in [1.54, 1.807) is 17.5 Å². The number of anilines is 2. The molecule has 0 bridgehead atoms. The Bertz CT molecular complexity index is 3060. The lowest BCUT2D eigenvalue weighted by Gasteiger charge is -2.32. The predicted octanol–water partition coefficient (Wildman–Crippen LogP) is 15.0. The summed E-state index contributed by atoms with van der Waals surface area (Å²) in [5.74, 6) is 3.58. The molecule has 1 saturated heterocycles. The summed E-state index contributed by atoms with van der Waals surface area (Å²) in [6, 6.07) is 33.4. The summed E-state index contributed by atoms with van der Waals surface area (Å²) in [6.45, 7) is 26.5. The number of benzene rings is 4. The molecule has 2 atom stereocenters. The first-order valence-corrected chi connectivity index (χ1v) is 27.6. The number of aryl methyl sites for hydroxylation is 1. The van der Waals surface area contributed by atoms with Crippen LogP contribution in [0.25, 0.3) is 44.0 Å². The molecule has 0 spiro atoms. The maximum absolute atomic E-state index is 5.27. The highest BCUT2D eigenvalue weighted by Gasteiger charge is 2.27. The minimum atomic E-state index is 0.364. The van der Waals surface area contributed by atoms with Crippen molar-refractivity contribution >= 4 is 55.2 Å². The van der Waals surface area contributed by atoms with Crippen molar-refractivity contribution in [2.75, 3.05) is 36.4 Å². The molecule has 72 heavy (non-hydrogen) atoms. The first-order valence-electron chi connectivity index (χ1n) is 26.8. The van der Waals surface area contributed by atoms with Gasteiger partial charge in [0.25, 0.3) is 0 Å². The third kappa shape index (κ3) is 10.9. The van der Waals surface area contributed by atoms with Gasteiger partial charge in [0.05, 0.1) is 27.1 Å². The maximum atomic E-state index is 5.27. The monoisotopic (exact) mass is 975 g/mol. The number of aromatic nitrogens is 4. The molecule has 5 heterocycles. The molecule has 9 heteroatoms. The van der Waals surface area contributed by atoms with Gasteiger partial charge in [-0.3, -0.25) is 4.68 Å². The number of para-hydroxylation sites is 1. The molecule has 3 aliphatic rings. The van der Waals surface area contributed by atoms with E-state index in [-0.39, 0.29) is 0 Å². The molecule has 0 amide bonds. The number of nitrogens with zero attached hydrogens (tertiary/aromatic N) is 6. The minimum absolute atomic E-state index is 0.364. The van der Waals surface area contributed by atoms with E-state index in [1.807, 2.05) is 12.1 Å². The summed E-state index contributed by atoms with van der Waals surface area (Å²) >= 11 is 1.66. The van der Waals surface area contributed by atoms with Crippen LogP contribution >= 0.6 is 11.3 Å². The Kier molecular flexibility index (Phi) is 15.2. The van der Waals surface area contributed by atoms with Gasteiger partial charge in [0.2, 0.25) is 0 Å². The van der Waals surface area contributed by atoms with Crippen LogP contribution in [0.5, 0.6) is 0 Å². The zero-order valence-electron chi connectivity index (χ0n) is 43.1. The molecule has 1 saturated carbocycles. The topological polar surface area (TPSA) is 74.1 Å². The number of rotatable bonds is 20. The van der Waals surface area contributed by atoms with Crippen molar-refractivity contribution in [3.05, 3.63) is 174 Å². The van der Waals surface area contributed by atoms with Crippen molar-refractivity contribution in [2.24, 2.45) is 18.9 Å². The summed E-state index contributed by atoms with van der Waals surface area (Å²) in [5.41, 5.74) is 16.8. The highest BCUT2D eigenvalue weighted by atomic mass is 32.1. The number of nitrogens with one attached hydrogen (secondary N) is 2. The number of likely N-dealkylation sites (tertiary alicyclic amines) is 1. The second-order valence-electron chi connectivity index (χ2n) is 21.2. The Morgan fingerprint density at radius 2 is 1.71 bits per heavy atom. The van der Waals surface area contributed by atoms with E-state index < -0.39 is 0 Å². The number of hydrogen-bond acceptors (Lipinski definition) is 8. The fourth-order valence-corrected chi connectivity index (χ4v) is 13.1. The van der Waals surface area contributed by atoms with Crippen LogP contribution in [0.1, 0.15) is 128 Å². The second kappa shape index (κ2) is 22.2. The largest absolute Gasteiger partial charge is 0.366 e. The number of thiazole rings is 1. The van der Waals surface area contributed by atoms with E-state index in [2.05, 4.69) is 157 Å². The molecule has 10 rings (SSSR count). The van der Waals surface area contributed by atoms with Crippen LogP contribution < -0.4 is 15.5 Å². The van der Waals surface area contributed by atoms with E-state index in [4.69, 9.17) is 15.1 Å². The van der Waals surface area contributed by atoms with E-state index in [1.165, 1.54) is 126 Å². The van der Waals surface area contributed by atoms with Gasteiger partial charge in [0.1, 0.15) is 5.82 Å². The van der Waals surface area contributed by atoms with Gasteiger partial charge >= 0.3 is 0 Å². The Morgan fingerprint density at radius 3 is 2.54 bits per heavy atom. The zero-order chi connectivity index (χ0) is 49.7. The lowest BCUT2D eigenvalue weighted by atomic mass is 9.77. The molecule has 3 aromatic heterocycles. The van der Waals surface area contributed by atoms with Crippen molar-refractivity contribution in [1.82, 2.24) is 30.0 Å². The average Bonchev–Trinajstić information content (AvgIpc) is 4.14. The first kappa shape index (κ1) is 49.3. The van der Waals surface area contributed by atoms with Crippen molar-refractivity contribution in [3.8, 4) is 11.1 Å². The van der Waals surface area contributed by atoms with Gasteiger partial charge < -0.3 is 20.4 Å². The minimum Gasteiger partial charge on any atom is -0.366 e. The Balaban J connectivity index is 0.687. The number of hydrogen-bond donors (Lipinski definition) is 2. The molecule has 7 aromatic rings. The maximum Gasteiger partial charge on any atom is 0.188 e. The SMILES string of the molecule is C=CNC(=C)CCC(C)c1nn(C)c2cc(C3CCN(CCCCC4CCC(Cc5cccc(-c6ccc(N7CCc8cccc(C(=C)Nc9nc%10ccccc%10s9)c8C7)nc6C=C)c5C)CC4)C3)ccc12. The normalized spacial score (nSPS) is 18.5. The molecule has 2 N–H and O–H groups in total. The number of allylic oxidation sites excluding steroid dienone is 1. The van der Waals surface area contributed by atoms with Crippen LogP contribution in [0.4, 0.5) is 10.9 Å². The molecular weight excluding hydrogens is 901 g/mol. The molecule has 2 aliphatic heterocycles. The molecule has 2 fully saturated rings. The number of fused-ring (bicyclic) bond motifs is 3. The number of pyridine rings is 1. The van der Waals surface area contributed by atoms with Crippen LogP contribution in [0.15, 0.2) is 129 Å². The lowest BCUT2D eigenvalue weighted by molar-refractivity contribution is 0.251. The summed E-state index contributed by atoms with van der Waals surface area (Å²) in [7, 11) is 2.10. The predicted molar refractivity (Wildman–Crippen MR) is 306 cm³/mol. The van der Waals surface area contributed by atoms with Crippen molar-refractivity contribution in [1.29, 1.82) is 0 Å². The summed E-state index contributed by atoms with van der Waals surface area (Å²) in [5, 5.41) is 13.8. The standard InChI is InChI=1S/C63H74N8S/c1-8-57-54(31-32-61(66-57)71-37-34-48-17-14-20-53(56(48)41-71)45(6)65-63-67-58-21-10-11-22-60(58)72-63)52-19-15-18-49(44(52)5)38-47-27-25-46(26-28-47)16-12-13-35-70-36-33-51(40-70)50-29-30-55-59(39-50)69(7)68-62(55)42(3)23-24-43(4)64-9-2/h8-11,14-15,17-22,29-32,39,42,46-47,51,64H,1-2,4,6,12-13,16,23-28,33-38,40-41H2,3,5,7H3,(H,65,67). The van der Waals surface area contributed by atoms with Gasteiger partial charge in [-0.1, -0.05) is 131 Å². The van der Waals surface area contributed by atoms with E-state index >= 15 is 0 Å². The van der Waals surface area contributed by atoms with Crippen LogP contribution in [0.3, 0.4) is 0 Å². The zero-order valence-corrected chi connectivity index (χ0v) is 43.9. The van der Waals surface area contributed by atoms with Crippen LogP contribution in [0, 0.1) is 18.8 Å². The van der Waals surface area contributed by atoms with Crippen LogP contribution in [-0.4, -0.2) is 50.8 Å². The van der Waals surface area contributed by atoms with Gasteiger partial charge in [-0.05, 0) is 165 Å². The quantitative estimate of drug-likeness (QED) is 0.0737. The lowest BCUT2D eigenvalue weighted by Crippen LogP contribution is -2.32. The third-order valence-corrected chi connectivity index (χ3v) is 17.4. The first-order chi connectivity index (χ1) is 35.1. The van der Waals surface area contributed by atoms with E-state index in [0.29, 0.717) is 11.8 Å². The van der Waals surface area contributed by atoms with E-state index in [9.17, 15) is 0 Å². The Labute approximate surface area is 432 Å². The summed E-state index contributed by atoms with van der Waals surface area (Å²) in [6.07, 6.45) is 18.4. The summed E-state index contributed by atoms with van der Waals surface area (Å²) in [4.78, 5) is 15.2. The molecule has 2 unspecified atom stereocenters. The molecule has 372 valence electrons. The van der Waals surface area contributed by atoms with Gasteiger partial charge in [-0.15, -0.1) is 0 Å². The van der Waals surface area contributed by atoms with Crippen molar-refractivity contribution in [2.45, 2.75) is 109 Å². The van der Waals surface area contributed by atoms with Crippen LogP contribution in [-0.2, 0) is 26.4 Å². The van der Waals surface area contributed by atoms with Gasteiger partial charge in [0, 0.05) is 60.5 Å². The van der Waals surface area contributed by atoms with Crippen molar-refractivity contribution < 1.29 is 0 Å². The van der Waals surface area contributed by atoms with Crippen molar-refractivity contribution in [3.63, 3.8) is 0 Å². The Morgan fingerprint density at radius 1 is 0.875 bits per heavy atom. The number of unbranched alkanes of at least 4 members (excludes halogenated alkanes) is 1. The molecule has 1 aliphatic carbocycles. The second-order valence-corrected chi connectivity index (χ2v) is 22.2. The fraction of sp³-hybridized carbons (Fsp3) is 0.381. The molecular formula is C63H74N8S. The van der Waals surface area contributed by atoms with Crippen LogP contribution in [0.2, 0.25) is 0 Å². The van der Waals surface area contributed by atoms with E-state index in [0.717, 1.165) is 95.3 Å². The molecule has 0 radical (unpaired) electrons. The van der Waals surface area contributed by atoms with Gasteiger partial charge in [0.15, 0.2) is 5.13 Å². The third-order valence-electron chi connectivity index (χ3n) is 16.4. The highest BCUT2D eigenvalue weighted by molar-refractivity contribution is 7.22. The highest BCUT2D eigenvalue weighted by Crippen LogP contribution is 2.39. The fourth-order valence-electron chi connectivity index (χ4n) is 12.2. The Hall–Kier alpha value is -6.29. The average molecular weight is 975 g/mol. The van der Waals surface area contributed by atoms with Gasteiger partial charge in [-0.2, -0.15) is 5.10 Å². The van der Waals surface area contributed by atoms with Gasteiger partial charge in [-0.25, -0.2) is 9.97 Å². The molecule has 4 aromatic carbocycles. The smallest absolute Gasteiger partial charge is 0.188 e. The summed E-state index contributed by atoms with van der Waals surface area (Å²) < 4.78 is 3.26.